The van der Waals surface area contributed by atoms with E-state index in [1.807, 2.05) is 21.1 Å². The van der Waals surface area contributed by atoms with Gasteiger partial charge in [0.05, 0.1) is 34.4 Å². The number of allylic oxidation sites excluding steroid dienone is 10. The molecule has 0 radical (unpaired) electrons. The number of esters is 2. The smallest absolute Gasteiger partial charge is 0.361 e. The predicted molar refractivity (Wildman–Crippen MR) is 429 cm³/mol. The Labute approximate surface area is 615 Å². The van der Waals surface area contributed by atoms with Crippen molar-refractivity contribution in [1.82, 2.24) is 0 Å². The van der Waals surface area contributed by atoms with Crippen LogP contribution in [0, 0.1) is 0 Å². The SMILES string of the molecule is CC/C=C\C/C=C\C/C=C\C/C=C\CCCCCCCCCCCCCCCCCCCCCCCCCCCCC(=O)OC(COC(=O)CCCCCCCCCCCCCCCCCCCCCCCCC/C=C\CCCCCCCCCC)COC(OCC[N+](C)(C)C)C(=O)O. The van der Waals surface area contributed by atoms with Crippen LogP contribution in [0.4, 0.5) is 0 Å². The van der Waals surface area contributed by atoms with Crippen LogP contribution < -0.4 is 0 Å². The molecule has 0 aliphatic carbocycles. The highest BCUT2D eigenvalue weighted by molar-refractivity contribution is 5.71. The van der Waals surface area contributed by atoms with Gasteiger partial charge >= 0.3 is 17.9 Å². The molecule has 0 saturated carbocycles. The molecule has 0 heterocycles. The van der Waals surface area contributed by atoms with Crippen molar-refractivity contribution in [2.24, 2.45) is 0 Å². The third-order valence-electron chi connectivity index (χ3n) is 19.8. The molecule has 0 spiro atoms. The summed E-state index contributed by atoms with van der Waals surface area (Å²) in [7, 11) is 6.00. The minimum Gasteiger partial charge on any atom is -0.477 e. The average molecular weight is 1390 g/mol. The van der Waals surface area contributed by atoms with Crippen LogP contribution >= 0.6 is 0 Å². The van der Waals surface area contributed by atoms with Gasteiger partial charge < -0.3 is 28.5 Å². The standard InChI is InChI=1S/C90H167NO8/c1-6-8-10-12-14-16-18-20-22-24-26-28-30-32-34-36-38-40-42-43-44-45-47-49-51-53-55-57-59-61-63-65-67-69-71-73-75-77-79-81-88(93)99-86(85-98-90(89(94)95)96-83-82-91(3,4)5)84-97-87(92)80-78-76-74-72-70-68-66-64-62-60-58-56-54-52-50-48-46-41-39-37-35-33-31-29-27-25-23-21-19-17-15-13-11-9-7-2/h8,10,14,16,20,22,25-28,86,90H,6-7,9,11-13,15,17-19,21,23-24,29-85H2,1-5H3/p+1/b10-8-,16-14-,22-20-,27-25-,28-26-. The lowest BCUT2D eigenvalue weighted by molar-refractivity contribution is -0.870. The first-order chi connectivity index (χ1) is 48.6. The molecular formula is C90H168NO8+. The van der Waals surface area contributed by atoms with Gasteiger partial charge in [0.1, 0.15) is 13.2 Å². The highest BCUT2D eigenvalue weighted by Crippen LogP contribution is 2.21. The summed E-state index contributed by atoms with van der Waals surface area (Å²) in [5, 5.41) is 9.79. The van der Waals surface area contributed by atoms with Gasteiger partial charge in [0.2, 0.25) is 0 Å². The number of quaternary nitrogens is 1. The number of carbonyl (C=O) groups is 3. The van der Waals surface area contributed by atoms with Gasteiger partial charge in [-0.05, 0) is 77.0 Å². The second-order valence-electron chi connectivity index (χ2n) is 30.8. The summed E-state index contributed by atoms with van der Waals surface area (Å²) in [6, 6.07) is 0. The second-order valence-corrected chi connectivity index (χ2v) is 30.8. The summed E-state index contributed by atoms with van der Waals surface area (Å²) in [6.45, 7) is 4.84. The molecule has 0 rings (SSSR count). The number of carboxylic acids is 1. The van der Waals surface area contributed by atoms with Crippen molar-refractivity contribution in [3.8, 4) is 0 Å². The van der Waals surface area contributed by atoms with Gasteiger partial charge in [-0.15, -0.1) is 0 Å². The molecular weight excluding hydrogens is 1220 g/mol. The topological polar surface area (TPSA) is 108 Å². The van der Waals surface area contributed by atoms with E-state index in [0.29, 0.717) is 17.4 Å². The molecule has 9 nitrogen and oxygen atoms in total. The van der Waals surface area contributed by atoms with E-state index in [1.54, 1.807) is 0 Å². The monoisotopic (exact) mass is 1390 g/mol. The van der Waals surface area contributed by atoms with E-state index in [0.717, 1.165) is 64.2 Å². The number of unbranched alkanes of at least 4 members (excludes halogenated alkanes) is 57. The summed E-state index contributed by atoms with van der Waals surface area (Å²) in [4.78, 5) is 37.8. The number of carbonyl (C=O) groups excluding carboxylic acids is 2. The van der Waals surface area contributed by atoms with E-state index < -0.39 is 18.4 Å². The Kier molecular flexibility index (Phi) is 78.2. The molecule has 0 aromatic heterocycles. The number of likely N-dealkylation sites (N-methyl/N-ethyl adjacent to an activating group) is 1. The lowest BCUT2D eigenvalue weighted by Gasteiger charge is -2.25. The fourth-order valence-corrected chi connectivity index (χ4v) is 13.2. The molecule has 0 amide bonds. The quantitative estimate of drug-likeness (QED) is 0.0211. The highest BCUT2D eigenvalue weighted by Gasteiger charge is 2.25. The maximum Gasteiger partial charge on any atom is 0.361 e. The summed E-state index contributed by atoms with van der Waals surface area (Å²) < 4.78 is 23.1. The Hall–Kier alpha value is -3.01. The van der Waals surface area contributed by atoms with Crippen molar-refractivity contribution < 1.29 is 42.9 Å². The lowest BCUT2D eigenvalue weighted by atomic mass is 10.0. The van der Waals surface area contributed by atoms with Crippen LogP contribution in [0.3, 0.4) is 0 Å². The first kappa shape index (κ1) is 96.0. The van der Waals surface area contributed by atoms with Gasteiger partial charge in [-0.2, -0.15) is 0 Å². The van der Waals surface area contributed by atoms with Crippen molar-refractivity contribution in [3.63, 3.8) is 0 Å². The number of carboxylic acid groups (broad SMARTS) is 1. The molecule has 0 aliphatic rings. The summed E-state index contributed by atoms with van der Waals surface area (Å²) in [5.74, 6) is -1.97. The van der Waals surface area contributed by atoms with Crippen molar-refractivity contribution in [3.05, 3.63) is 60.8 Å². The fourth-order valence-electron chi connectivity index (χ4n) is 13.2. The zero-order valence-electron chi connectivity index (χ0n) is 66.7. The number of rotatable bonds is 82. The third-order valence-corrected chi connectivity index (χ3v) is 19.8. The number of ether oxygens (including phenoxy) is 4. The summed E-state index contributed by atoms with van der Waals surface area (Å²) in [5.41, 5.74) is 0. The number of hydrogen-bond acceptors (Lipinski definition) is 7. The van der Waals surface area contributed by atoms with E-state index in [1.165, 1.54) is 347 Å². The highest BCUT2D eigenvalue weighted by atomic mass is 16.7. The van der Waals surface area contributed by atoms with Crippen LogP contribution in [-0.4, -0.2) is 87.4 Å². The number of aliphatic carboxylic acids is 1. The molecule has 2 unspecified atom stereocenters. The third kappa shape index (κ3) is 82.2. The first-order valence-electron chi connectivity index (χ1n) is 43.5. The van der Waals surface area contributed by atoms with Gasteiger partial charge in [-0.25, -0.2) is 4.79 Å². The van der Waals surface area contributed by atoms with Gasteiger partial charge in [0.25, 0.3) is 6.29 Å². The second kappa shape index (κ2) is 80.7. The maximum absolute atomic E-state index is 13.0. The summed E-state index contributed by atoms with van der Waals surface area (Å²) in [6.07, 6.45) is 106. The van der Waals surface area contributed by atoms with Crippen LogP contribution in [0.1, 0.15) is 438 Å². The van der Waals surface area contributed by atoms with Gasteiger partial charge in [-0.1, -0.05) is 408 Å². The Balaban J connectivity index is 3.91. The van der Waals surface area contributed by atoms with Crippen molar-refractivity contribution in [2.45, 2.75) is 450 Å². The van der Waals surface area contributed by atoms with Crippen LogP contribution in [0.25, 0.3) is 0 Å². The molecule has 0 fully saturated rings. The number of hydrogen-bond donors (Lipinski definition) is 1. The van der Waals surface area contributed by atoms with Gasteiger partial charge in [-0.3, -0.25) is 9.59 Å². The molecule has 580 valence electrons. The fraction of sp³-hybridized carbons (Fsp3) is 0.856. The van der Waals surface area contributed by atoms with Crippen molar-refractivity contribution in [1.29, 1.82) is 0 Å². The maximum atomic E-state index is 13.0. The normalized spacial score (nSPS) is 12.9. The molecule has 2 atom stereocenters. The van der Waals surface area contributed by atoms with Crippen molar-refractivity contribution in [2.75, 3.05) is 47.5 Å². The van der Waals surface area contributed by atoms with Gasteiger partial charge in [0.15, 0.2) is 6.10 Å². The van der Waals surface area contributed by atoms with E-state index in [2.05, 4.69) is 74.6 Å². The molecule has 0 aromatic rings. The largest absolute Gasteiger partial charge is 0.477 e. The van der Waals surface area contributed by atoms with E-state index in [4.69, 9.17) is 18.9 Å². The zero-order chi connectivity index (χ0) is 71.8. The minimum atomic E-state index is -1.51. The van der Waals surface area contributed by atoms with Crippen LogP contribution in [-0.2, 0) is 33.3 Å². The molecule has 0 aliphatic heterocycles. The Bertz CT molecular complexity index is 1820. The van der Waals surface area contributed by atoms with E-state index >= 15 is 0 Å². The molecule has 1 N–H and O–H groups in total. The Morgan fingerprint density at radius 3 is 0.869 bits per heavy atom. The number of nitrogens with zero attached hydrogens (tertiary/aromatic N) is 1. The van der Waals surface area contributed by atoms with Crippen LogP contribution in [0.5, 0.6) is 0 Å². The minimum absolute atomic E-state index is 0.175. The van der Waals surface area contributed by atoms with E-state index in [-0.39, 0.29) is 38.2 Å². The van der Waals surface area contributed by atoms with Crippen LogP contribution in [0.2, 0.25) is 0 Å². The van der Waals surface area contributed by atoms with Crippen LogP contribution in [0.15, 0.2) is 60.8 Å². The van der Waals surface area contributed by atoms with Crippen molar-refractivity contribution >= 4 is 17.9 Å². The Morgan fingerprint density at radius 2 is 0.576 bits per heavy atom. The molecule has 0 saturated heterocycles. The van der Waals surface area contributed by atoms with E-state index in [9.17, 15) is 19.5 Å². The molecule has 0 bridgehead atoms. The predicted octanol–water partition coefficient (Wildman–Crippen LogP) is 28.2. The molecule has 9 heteroatoms. The molecule has 0 aromatic carbocycles. The lowest BCUT2D eigenvalue weighted by Crippen LogP contribution is -2.40. The summed E-state index contributed by atoms with van der Waals surface area (Å²) >= 11 is 0. The molecule has 99 heavy (non-hydrogen) atoms. The average Bonchev–Trinajstić information content (AvgIpc) is 1.14. The van der Waals surface area contributed by atoms with Gasteiger partial charge in [0, 0.05) is 12.8 Å². The first-order valence-corrected chi connectivity index (χ1v) is 43.5. The Morgan fingerprint density at radius 1 is 0.313 bits per heavy atom. The zero-order valence-corrected chi connectivity index (χ0v) is 66.7.